The largest absolute Gasteiger partial charge is 0.339 e. The van der Waals surface area contributed by atoms with Crippen molar-refractivity contribution in [2.75, 3.05) is 6.54 Å². The minimum absolute atomic E-state index is 0.168. The summed E-state index contributed by atoms with van der Waals surface area (Å²) in [5.74, 6) is 1.68. The molecule has 1 aliphatic carbocycles. The lowest BCUT2D eigenvalue weighted by Crippen LogP contribution is -2.51. The molecule has 2 N–H and O–H groups in total. The third kappa shape index (κ3) is 2.71. The topological polar surface area (TPSA) is 46.3 Å². The molecule has 0 aromatic carbocycles. The minimum atomic E-state index is 0.168. The van der Waals surface area contributed by atoms with Crippen LogP contribution in [0.15, 0.2) is 0 Å². The number of likely N-dealkylation sites (tertiary alicyclic amines) is 1. The highest BCUT2D eigenvalue weighted by molar-refractivity contribution is 5.79. The van der Waals surface area contributed by atoms with E-state index >= 15 is 0 Å². The van der Waals surface area contributed by atoms with E-state index in [9.17, 15) is 4.79 Å². The summed E-state index contributed by atoms with van der Waals surface area (Å²) in [6, 6.07) is 0.629. The van der Waals surface area contributed by atoms with E-state index in [4.69, 9.17) is 5.73 Å². The Kier molecular flexibility index (Phi) is 4.31. The molecule has 1 heterocycles. The predicted molar refractivity (Wildman–Crippen MR) is 74.1 cm³/mol. The van der Waals surface area contributed by atoms with Crippen LogP contribution in [-0.4, -0.2) is 29.4 Å². The Hall–Kier alpha value is -0.570. The molecule has 1 aliphatic heterocycles. The lowest BCUT2D eigenvalue weighted by atomic mass is 9.76. The quantitative estimate of drug-likeness (QED) is 0.779. The molecule has 18 heavy (non-hydrogen) atoms. The first-order chi connectivity index (χ1) is 8.50. The van der Waals surface area contributed by atoms with E-state index in [1.54, 1.807) is 0 Å². The number of hydrogen-bond acceptors (Lipinski definition) is 2. The van der Waals surface area contributed by atoms with Crippen molar-refractivity contribution in [1.29, 1.82) is 0 Å². The molecule has 5 atom stereocenters. The van der Waals surface area contributed by atoms with Gasteiger partial charge in [0.1, 0.15) is 0 Å². The smallest absolute Gasteiger partial charge is 0.226 e. The molecule has 0 aromatic rings. The number of nitrogens with zero attached hydrogens (tertiary/aromatic N) is 1. The number of nitrogens with two attached hydrogens (primary N) is 1. The van der Waals surface area contributed by atoms with Crippen molar-refractivity contribution < 1.29 is 4.79 Å². The van der Waals surface area contributed by atoms with E-state index in [0.29, 0.717) is 23.8 Å². The van der Waals surface area contributed by atoms with E-state index in [1.807, 2.05) is 0 Å². The van der Waals surface area contributed by atoms with Gasteiger partial charge in [0.05, 0.1) is 0 Å². The SMILES string of the molecule is CC1CCC(N)CC1C(=O)N1CCCC(C)C1C. The lowest BCUT2D eigenvalue weighted by molar-refractivity contribution is -0.143. The summed E-state index contributed by atoms with van der Waals surface area (Å²) in [6.45, 7) is 7.63. The number of hydrogen-bond donors (Lipinski definition) is 1. The molecule has 0 radical (unpaired) electrons. The van der Waals surface area contributed by atoms with Crippen LogP contribution in [0, 0.1) is 17.8 Å². The molecular formula is C15H28N2O. The number of amides is 1. The third-order valence-electron chi connectivity index (χ3n) is 5.21. The van der Waals surface area contributed by atoms with Crippen molar-refractivity contribution in [2.24, 2.45) is 23.5 Å². The fourth-order valence-corrected chi connectivity index (χ4v) is 3.56. The predicted octanol–water partition coefficient (Wildman–Crippen LogP) is 2.40. The monoisotopic (exact) mass is 252 g/mol. The van der Waals surface area contributed by atoms with Gasteiger partial charge < -0.3 is 10.6 Å². The van der Waals surface area contributed by atoms with Gasteiger partial charge in [-0.3, -0.25) is 4.79 Å². The number of carbonyl (C=O) groups excluding carboxylic acids is 1. The Balaban J connectivity index is 2.05. The Morgan fingerprint density at radius 3 is 2.56 bits per heavy atom. The zero-order chi connectivity index (χ0) is 13.3. The number of carbonyl (C=O) groups is 1. The fourth-order valence-electron chi connectivity index (χ4n) is 3.56. The third-order valence-corrected chi connectivity index (χ3v) is 5.21. The minimum Gasteiger partial charge on any atom is -0.339 e. The Labute approximate surface area is 111 Å². The van der Waals surface area contributed by atoms with E-state index in [2.05, 4.69) is 25.7 Å². The number of rotatable bonds is 1. The van der Waals surface area contributed by atoms with Crippen LogP contribution in [0.1, 0.15) is 52.9 Å². The van der Waals surface area contributed by atoms with Gasteiger partial charge in [0.15, 0.2) is 0 Å². The van der Waals surface area contributed by atoms with Crippen LogP contribution in [0.4, 0.5) is 0 Å². The molecule has 0 spiro atoms. The zero-order valence-corrected chi connectivity index (χ0v) is 12.1. The van der Waals surface area contributed by atoms with Crippen LogP contribution in [0.25, 0.3) is 0 Å². The van der Waals surface area contributed by atoms with Crippen LogP contribution in [0.3, 0.4) is 0 Å². The molecular weight excluding hydrogens is 224 g/mol. The maximum atomic E-state index is 12.7. The van der Waals surface area contributed by atoms with Crippen molar-refractivity contribution in [3.8, 4) is 0 Å². The molecule has 2 rings (SSSR count). The number of piperidine rings is 1. The summed E-state index contributed by atoms with van der Waals surface area (Å²) in [5, 5.41) is 0. The van der Waals surface area contributed by atoms with Crippen molar-refractivity contribution in [2.45, 2.75) is 65.0 Å². The van der Waals surface area contributed by atoms with Crippen molar-refractivity contribution >= 4 is 5.91 Å². The first kappa shape index (κ1) is 13.9. The van der Waals surface area contributed by atoms with Gasteiger partial charge in [-0.25, -0.2) is 0 Å². The molecule has 2 aliphatic rings. The van der Waals surface area contributed by atoms with E-state index < -0.39 is 0 Å². The van der Waals surface area contributed by atoms with Crippen LogP contribution in [0.5, 0.6) is 0 Å². The molecule has 3 heteroatoms. The second-order valence-electron chi connectivity index (χ2n) is 6.55. The van der Waals surface area contributed by atoms with Crippen LogP contribution < -0.4 is 5.73 Å². The molecule has 0 aromatic heterocycles. The average molecular weight is 252 g/mol. The standard InChI is InChI=1S/C15H28N2O/c1-10-5-4-8-17(12(10)3)15(18)14-9-13(16)7-6-11(14)2/h10-14H,4-9,16H2,1-3H3. The molecule has 104 valence electrons. The van der Waals surface area contributed by atoms with Gasteiger partial charge in [-0.2, -0.15) is 0 Å². The van der Waals surface area contributed by atoms with Gasteiger partial charge >= 0.3 is 0 Å². The summed E-state index contributed by atoms with van der Waals surface area (Å²) < 4.78 is 0. The molecule has 3 nitrogen and oxygen atoms in total. The van der Waals surface area contributed by atoms with Gasteiger partial charge in [-0.15, -0.1) is 0 Å². The van der Waals surface area contributed by atoms with Crippen molar-refractivity contribution in [3.63, 3.8) is 0 Å². The molecule has 1 amide bonds. The van der Waals surface area contributed by atoms with Crippen molar-refractivity contribution in [1.82, 2.24) is 4.90 Å². The second kappa shape index (κ2) is 5.60. The summed E-state index contributed by atoms with van der Waals surface area (Å²) in [7, 11) is 0. The summed E-state index contributed by atoms with van der Waals surface area (Å²) in [6.07, 6.45) is 5.49. The van der Waals surface area contributed by atoms with Gasteiger partial charge in [0, 0.05) is 24.5 Å². The molecule has 1 saturated heterocycles. The average Bonchev–Trinajstić information content (AvgIpc) is 2.35. The van der Waals surface area contributed by atoms with Gasteiger partial charge in [-0.05, 0) is 50.9 Å². The van der Waals surface area contributed by atoms with E-state index in [0.717, 1.165) is 32.2 Å². The highest BCUT2D eigenvalue weighted by Crippen LogP contribution is 2.33. The zero-order valence-electron chi connectivity index (χ0n) is 12.1. The highest BCUT2D eigenvalue weighted by Gasteiger charge is 2.37. The second-order valence-corrected chi connectivity index (χ2v) is 6.55. The van der Waals surface area contributed by atoms with E-state index in [-0.39, 0.29) is 12.0 Å². The van der Waals surface area contributed by atoms with Gasteiger partial charge in [0.25, 0.3) is 0 Å². The summed E-state index contributed by atoms with van der Waals surface area (Å²) >= 11 is 0. The van der Waals surface area contributed by atoms with Crippen LogP contribution in [0.2, 0.25) is 0 Å². The highest BCUT2D eigenvalue weighted by atomic mass is 16.2. The normalized spacial score (nSPS) is 41.8. The van der Waals surface area contributed by atoms with Gasteiger partial charge in [-0.1, -0.05) is 13.8 Å². The molecule has 1 saturated carbocycles. The Morgan fingerprint density at radius 2 is 1.83 bits per heavy atom. The van der Waals surface area contributed by atoms with Crippen LogP contribution >= 0.6 is 0 Å². The maximum Gasteiger partial charge on any atom is 0.226 e. The fraction of sp³-hybridized carbons (Fsp3) is 0.933. The van der Waals surface area contributed by atoms with E-state index in [1.165, 1.54) is 6.42 Å². The summed E-state index contributed by atoms with van der Waals surface area (Å²) in [4.78, 5) is 14.9. The van der Waals surface area contributed by atoms with Crippen molar-refractivity contribution in [3.05, 3.63) is 0 Å². The summed E-state index contributed by atoms with van der Waals surface area (Å²) in [5.41, 5.74) is 6.05. The lowest BCUT2D eigenvalue weighted by Gasteiger charge is -2.42. The molecule has 5 unspecified atom stereocenters. The Morgan fingerprint density at radius 1 is 1.11 bits per heavy atom. The molecule has 2 fully saturated rings. The first-order valence-corrected chi connectivity index (χ1v) is 7.56. The van der Waals surface area contributed by atoms with Gasteiger partial charge in [0.2, 0.25) is 5.91 Å². The first-order valence-electron chi connectivity index (χ1n) is 7.56. The van der Waals surface area contributed by atoms with Crippen LogP contribution in [-0.2, 0) is 4.79 Å². The maximum absolute atomic E-state index is 12.7. The molecule has 0 bridgehead atoms. The Bertz CT molecular complexity index is 301.